The fourth-order valence-corrected chi connectivity index (χ4v) is 1.95. The number of hydrogen-bond acceptors (Lipinski definition) is 3. The van der Waals surface area contributed by atoms with Crippen molar-refractivity contribution in [2.45, 2.75) is 26.0 Å². The van der Waals surface area contributed by atoms with Crippen LogP contribution in [0, 0.1) is 0 Å². The predicted molar refractivity (Wildman–Crippen MR) is 66.9 cm³/mol. The van der Waals surface area contributed by atoms with E-state index in [1.807, 2.05) is 28.8 Å². The van der Waals surface area contributed by atoms with Crippen LogP contribution in [0.3, 0.4) is 0 Å². The number of imidazole rings is 1. The maximum absolute atomic E-state index is 10.1. The quantitative estimate of drug-likeness (QED) is 0.879. The number of hydrogen-bond donors (Lipinski definition) is 1. The zero-order valence-electron chi connectivity index (χ0n) is 10.5. The highest BCUT2D eigenvalue weighted by Gasteiger charge is 2.24. The van der Waals surface area contributed by atoms with Crippen molar-refractivity contribution < 1.29 is 9.84 Å². The Morgan fingerprint density at radius 2 is 2.06 bits per heavy atom. The van der Waals surface area contributed by atoms with Crippen molar-refractivity contribution in [3.63, 3.8) is 0 Å². The van der Waals surface area contributed by atoms with Gasteiger partial charge in [-0.25, -0.2) is 4.98 Å². The first-order valence-corrected chi connectivity index (χ1v) is 5.71. The summed E-state index contributed by atoms with van der Waals surface area (Å²) in [4.78, 5) is 4.49. The van der Waals surface area contributed by atoms with Gasteiger partial charge in [0.1, 0.15) is 11.4 Å². The monoisotopic (exact) mass is 234 g/mol. The largest absolute Gasteiger partial charge is 0.383 e. The molecule has 0 aliphatic rings. The maximum atomic E-state index is 10.1. The first-order chi connectivity index (χ1) is 8.04. The Hall–Kier alpha value is -1.39. The standard InChI is InChI=1S/C13H18N2O2/c1-13(2,16)12-14-10-6-4-5-7-11(10)15(12)8-9-17-3/h4-7,16H,8-9H2,1-3H3. The molecule has 1 aromatic heterocycles. The molecule has 1 aromatic carbocycles. The topological polar surface area (TPSA) is 47.3 Å². The molecule has 0 radical (unpaired) electrons. The molecule has 1 heterocycles. The fraction of sp³-hybridized carbons (Fsp3) is 0.462. The molecule has 0 aliphatic carbocycles. The summed E-state index contributed by atoms with van der Waals surface area (Å²) in [6.07, 6.45) is 0. The highest BCUT2D eigenvalue weighted by Crippen LogP contribution is 2.24. The third-order valence-corrected chi connectivity index (χ3v) is 2.72. The van der Waals surface area contributed by atoms with Crippen LogP contribution in [-0.2, 0) is 16.9 Å². The molecular formula is C13H18N2O2. The van der Waals surface area contributed by atoms with Gasteiger partial charge < -0.3 is 14.4 Å². The molecular weight excluding hydrogens is 216 g/mol. The summed E-state index contributed by atoms with van der Waals surface area (Å²) in [6, 6.07) is 7.88. The Balaban J connectivity index is 2.57. The van der Waals surface area contributed by atoms with Gasteiger partial charge in [0.15, 0.2) is 0 Å². The first-order valence-electron chi connectivity index (χ1n) is 5.71. The van der Waals surface area contributed by atoms with Gasteiger partial charge in [-0.2, -0.15) is 0 Å². The van der Waals surface area contributed by atoms with E-state index < -0.39 is 5.60 Å². The molecule has 0 amide bonds. The van der Waals surface area contributed by atoms with Crippen molar-refractivity contribution in [1.82, 2.24) is 9.55 Å². The summed E-state index contributed by atoms with van der Waals surface area (Å²) >= 11 is 0. The first kappa shape index (κ1) is 12.1. The number of fused-ring (bicyclic) bond motifs is 1. The van der Waals surface area contributed by atoms with Crippen molar-refractivity contribution in [3.05, 3.63) is 30.1 Å². The van der Waals surface area contributed by atoms with Crippen molar-refractivity contribution in [3.8, 4) is 0 Å². The van der Waals surface area contributed by atoms with Crippen LogP contribution < -0.4 is 0 Å². The van der Waals surface area contributed by atoms with Gasteiger partial charge in [0.25, 0.3) is 0 Å². The molecule has 0 unspecified atom stereocenters. The summed E-state index contributed by atoms with van der Waals surface area (Å²) < 4.78 is 7.11. The summed E-state index contributed by atoms with van der Waals surface area (Å²) in [5.74, 6) is 0.677. The molecule has 92 valence electrons. The van der Waals surface area contributed by atoms with Crippen LogP contribution >= 0.6 is 0 Å². The fourth-order valence-electron chi connectivity index (χ4n) is 1.95. The minimum Gasteiger partial charge on any atom is -0.383 e. The lowest BCUT2D eigenvalue weighted by Crippen LogP contribution is -2.23. The second-order valence-electron chi connectivity index (χ2n) is 4.63. The van der Waals surface area contributed by atoms with Gasteiger partial charge in [-0.15, -0.1) is 0 Å². The molecule has 0 bridgehead atoms. The molecule has 17 heavy (non-hydrogen) atoms. The molecule has 1 N–H and O–H groups in total. The number of rotatable bonds is 4. The number of aromatic nitrogens is 2. The zero-order chi connectivity index (χ0) is 12.5. The minimum absolute atomic E-state index is 0.601. The smallest absolute Gasteiger partial charge is 0.141 e. The van der Waals surface area contributed by atoms with Gasteiger partial charge in [-0.3, -0.25) is 0 Å². The Kier molecular flexibility index (Phi) is 3.17. The highest BCUT2D eigenvalue weighted by atomic mass is 16.5. The van der Waals surface area contributed by atoms with Crippen molar-refractivity contribution >= 4 is 11.0 Å². The Labute approximate surface area is 101 Å². The number of nitrogens with zero attached hydrogens (tertiary/aromatic N) is 2. The van der Waals surface area contributed by atoms with Gasteiger partial charge in [-0.05, 0) is 26.0 Å². The molecule has 0 aliphatic heterocycles. The lowest BCUT2D eigenvalue weighted by Gasteiger charge is -2.18. The van der Waals surface area contributed by atoms with Crippen LogP contribution in [0.2, 0.25) is 0 Å². The molecule has 0 fully saturated rings. The van der Waals surface area contributed by atoms with Crippen molar-refractivity contribution in [1.29, 1.82) is 0 Å². The molecule has 0 spiro atoms. The molecule has 4 heteroatoms. The van der Waals surface area contributed by atoms with Crippen LogP contribution in [-0.4, -0.2) is 28.4 Å². The van der Waals surface area contributed by atoms with Crippen LogP contribution in [0.5, 0.6) is 0 Å². The van der Waals surface area contributed by atoms with Crippen LogP contribution in [0.1, 0.15) is 19.7 Å². The normalized spacial score (nSPS) is 12.2. The number of para-hydroxylation sites is 2. The molecule has 4 nitrogen and oxygen atoms in total. The SMILES string of the molecule is COCCn1c(C(C)(C)O)nc2ccccc21. The predicted octanol–water partition coefficient (Wildman–Crippen LogP) is 1.91. The lowest BCUT2D eigenvalue weighted by molar-refractivity contribution is 0.0634. The van der Waals surface area contributed by atoms with E-state index in [1.165, 1.54) is 0 Å². The molecule has 0 saturated carbocycles. The Bertz CT molecular complexity index is 512. The van der Waals surface area contributed by atoms with Crippen molar-refractivity contribution in [2.75, 3.05) is 13.7 Å². The summed E-state index contributed by atoms with van der Waals surface area (Å²) in [6.45, 7) is 4.79. The van der Waals surface area contributed by atoms with E-state index in [0.717, 1.165) is 11.0 Å². The number of benzene rings is 1. The van der Waals surface area contributed by atoms with Crippen molar-refractivity contribution in [2.24, 2.45) is 0 Å². The van der Waals surface area contributed by atoms with E-state index >= 15 is 0 Å². The zero-order valence-corrected chi connectivity index (χ0v) is 10.5. The maximum Gasteiger partial charge on any atom is 0.141 e. The second-order valence-corrected chi connectivity index (χ2v) is 4.63. The average Bonchev–Trinajstić information content (AvgIpc) is 2.65. The average molecular weight is 234 g/mol. The minimum atomic E-state index is -0.952. The summed E-state index contributed by atoms with van der Waals surface area (Å²) in [7, 11) is 1.67. The number of methoxy groups -OCH3 is 1. The Morgan fingerprint density at radius 1 is 1.35 bits per heavy atom. The molecule has 0 saturated heterocycles. The van der Waals surface area contributed by atoms with E-state index in [-0.39, 0.29) is 0 Å². The van der Waals surface area contributed by atoms with Gasteiger partial charge in [0, 0.05) is 13.7 Å². The second kappa shape index (κ2) is 4.47. The van der Waals surface area contributed by atoms with Gasteiger partial charge >= 0.3 is 0 Å². The highest BCUT2D eigenvalue weighted by molar-refractivity contribution is 5.76. The molecule has 0 atom stereocenters. The van der Waals surface area contributed by atoms with E-state index in [2.05, 4.69) is 4.98 Å². The van der Waals surface area contributed by atoms with Crippen LogP contribution in [0.15, 0.2) is 24.3 Å². The molecule has 2 rings (SSSR count). The van der Waals surface area contributed by atoms with E-state index in [9.17, 15) is 5.11 Å². The third-order valence-electron chi connectivity index (χ3n) is 2.72. The van der Waals surface area contributed by atoms with E-state index in [4.69, 9.17) is 4.74 Å². The van der Waals surface area contributed by atoms with E-state index in [1.54, 1.807) is 21.0 Å². The van der Waals surface area contributed by atoms with Gasteiger partial charge in [0.05, 0.1) is 17.6 Å². The summed E-state index contributed by atoms with van der Waals surface area (Å²) in [5.41, 5.74) is 0.981. The number of ether oxygens (including phenoxy) is 1. The lowest BCUT2D eigenvalue weighted by atomic mass is 10.1. The van der Waals surface area contributed by atoms with Crippen LogP contribution in [0.25, 0.3) is 11.0 Å². The van der Waals surface area contributed by atoms with Crippen LogP contribution in [0.4, 0.5) is 0 Å². The molecule has 2 aromatic rings. The third kappa shape index (κ3) is 2.33. The summed E-state index contributed by atoms with van der Waals surface area (Å²) in [5, 5.41) is 10.1. The Morgan fingerprint density at radius 3 is 2.71 bits per heavy atom. The van der Waals surface area contributed by atoms with Gasteiger partial charge in [-0.1, -0.05) is 12.1 Å². The van der Waals surface area contributed by atoms with E-state index in [0.29, 0.717) is 19.0 Å². The van der Waals surface area contributed by atoms with Gasteiger partial charge in [0.2, 0.25) is 0 Å². The number of aliphatic hydroxyl groups is 1.